The molecule has 1 fully saturated rings. The number of rotatable bonds is 4. The second kappa shape index (κ2) is 4.49. The van der Waals surface area contributed by atoms with Crippen LogP contribution >= 0.6 is 11.6 Å². The Hall–Kier alpha value is -0.280. The number of nitrogens with one attached hydrogen (secondary N) is 1. The molecule has 0 aromatic rings. The maximum absolute atomic E-state index is 11.3. The molecule has 0 heterocycles. The van der Waals surface area contributed by atoms with E-state index in [1.54, 1.807) is 6.92 Å². The van der Waals surface area contributed by atoms with Gasteiger partial charge in [-0.15, -0.1) is 11.6 Å². The molecule has 1 atom stereocenters. The predicted molar refractivity (Wildman–Crippen MR) is 58.6 cm³/mol. The molecule has 14 heavy (non-hydrogen) atoms. The second-order valence-electron chi connectivity index (χ2n) is 4.31. The Morgan fingerprint density at radius 3 is 2.43 bits per heavy atom. The summed E-state index contributed by atoms with van der Waals surface area (Å²) in [6.07, 6.45) is 3.58. The molecule has 0 aliphatic heterocycles. The lowest BCUT2D eigenvalue weighted by atomic mass is 9.75. The SMILES string of the molecule is CC(Cl)C(=O)NCC1(N(C)C)CCC1. The van der Waals surface area contributed by atoms with Gasteiger partial charge in [-0.05, 0) is 40.3 Å². The fourth-order valence-electron chi connectivity index (χ4n) is 1.76. The zero-order valence-electron chi connectivity index (χ0n) is 9.14. The topological polar surface area (TPSA) is 32.3 Å². The highest BCUT2D eigenvalue weighted by atomic mass is 35.5. The number of hydrogen-bond donors (Lipinski definition) is 1. The van der Waals surface area contributed by atoms with Crippen molar-refractivity contribution < 1.29 is 4.79 Å². The number of alkyl halides is 1. The molecule has 1 aliphatic rings. The van der Waals surface area contributed by atoms with Gasteiger partial charge in [-0.25, -0.2) is 0 Å². The summed E-state index contributed by atoms with van der Waals surface area (Å²) in [7, 11) is 4.13. The average molecular weight is 219 g/mol. The van der Waals surface area contributed by atoms with Gasteiger partial charge < -0.3 is 10.2 Å². The van der Waals surface area contributed by atoms with Crippen LogP contribution in [0.5, 0.6) is 0 Å². The van der Waals surface area contributed by atoms with Crippen LogP contribution in [0.1, 0.15) is 26.2 Å². The van der Waals surface area contributed by atoms with Gasteiger partial charge in [0.1, 0.15) is 5.38 Å². The fourth-order valence-corrected chi connectivity index (χ4v) is 1.84. The molecule has 0 spiro atoms. The largest absolute Gasteiger partial charge is 0.353 e. The monoisotopic (exact) mass is 218 g/mol. The molecule has 0 aromatic carbocycles. The summed E-state index contributed by atoms with van der Waals surface area (Å²) in [6.45, 7) is 2.41. The van der Waals surface area contributed by atoms with Crippen LogP contribution in [0.15, 0.2) is 0 Å². The van der Waals surface area contributed by atoms with E-state index < -0.39 is 5.38 Å². The average Bonchev–Trinajstić information content (AvgIpc) is 2.00. The second-order valence-corrected chi connectivity index (χ2v) is 4.96. The summed E-state index contributed by atoms with van der Waals surface area (Å²) >= 11 is 5.67. The molecule has 0 saturated heterocycles. The minimum absolute atomic E-state index is 0.0696. The van der Waals surface area contributed by atoms with Crippen LogP contribution in [-0.2, 0) is 4.79 Å². The third-order valence-corrected chi connectivity index (χ3v) is 3.38. The normalized spacial score (nSPS) is 21.5. The van der Waals surface area contributed by atoms with Crippen molar-refractivity contribution in [2.24, 2.45) is 0 Å². The van der Waals surface area contributed by atoms with E-state index in [1.165, 1.54) is 6.42 Å². The molecule has 3 nitrogen and oxygen atoms in total. The molecule has 82 valence electrons. The molecular formula is C10H19ClN2O. The van der Waals surface area contributed by atoms with E-state index in [0.29, 0.717) is 0 Å². The summed E-state index contributed by atoms with van der Waals surface area (Å²) < 4.78 is 0. The lowest BCUT2D eigenvalue weighted by Crippen LogP contribution is -2.57. The molecule has 0 radical (unpaired) electrons. The number of nitrogens with zero attached hydrogens (tertiary/aromatic N) is 1. The quantitative estimate of drug-likeness (QED) is 0.720. The molecule has 1 saturated carbocycles. The lowest BCUT2D eigenvalue weighted by molar-refractivity contribution is -0.121. The molecule has 1 unspecified atom stereocenters. The van der Waals surface area contributed by atoms with Crippen LogP contribution in [0.2, 0.25) is 0 Å². The van der Waals surface area contributed by atoms with Crippen LogP contribution in [0.25, 0.3) is 0 Å². The smallest absolute Gasteiger partial charge is 0.237 e. The maximum atomic E-state index is 11.3. The first-order valence-electron chi connectivity index (χ1n) is 5.07. The predicted octanol–water partition coefficient (Wildman–Crippen LogP) is 1.21. The number of carbonyl (C=O) groups excluding carboxylic acids is 1. The highest BCUT2D eigenvalue weighted by Crippen LogP contribution is 2.35. The summed E-state index contributed by atoms with van der Waals surface area (Å²) in [5, 5.41) is 2.46. The highest BCUT2D eigenvalue weighted by molar-refractivity contribution is 6.30. The maximum Gasteiger partial charge on any atom is 0.237 e. The Kier molecular flexibility index (Phi) is 3.78. The molecule has 0 bridgehead atoms. The first-order chi connectivity index (χ1) is 6.48. The van der Waals surface area contributed by atoms with Crippen molar-refractivity contribution in [1.82, 2.24) is 10.2 Å². The van der Waals surface area contributed by atoms with E-state index >= 15 is 0 Å². The summed E-state index contributed by atoms with van der Waals surface area (Å²) in [4.78, 5) is 13.5. The van der Waals surface area contributed by atoms with Gasteiger partial charge in [-0.1, -0.05) is 0 Å². The van der Waals surface area contributed by atoms with E-state index in [-0.39, 0.29) is 11.4 Å². The Morgan fingerprint density at radius 2 is 2.14 bits per heavy atom. The molecule has 0 aromatic heterocycles. The van der Waals surface area contributed by atoms with E-state index in [9.17, 15) is 4.79 Å². The van der Waals surface area contributed by atoms with Crippen molar-refractivity contribution >= 4 is 17.5 Å². The van der Waals surface area contributed by atoms with E-state index in [0.717, 1.165) is 19.4 Å². The summed E-state index contributed by atoms with van der Waals surface area (Å²) in [5.74, 6) is -0.0696. The van der Waals surface area contributed by atoms with Crippen LogP contribution in [0.3, 0.4) is 0 Å². The first-order valence-corrected chi connectivity index (χ1v) is 5.51. The Morgan fingerprint density at radius 1 is 1.57 bits per heavy atom. The van der Waals surface area contributed by atoms with Crippen LogP contribution in [0, 0.1) is 0 Å². The van der Waals surface area contributed by atoms with Gasteiger partial charge in [0, 0.05) is 12.1 Å². The standard InChI is InChI=1S/C10H19ClN2O/c1-8(11)9(14)12-7-10(13(2)3)5-4-6-10/h8H,4-7H2,1-3H3,(H,12,14). The van der Waals surface area contributed by atoms with Crippen molar-refractivity contribution in [1.29, 1.82) is 0 Å². The number of carbonyl (C=O) groups is 1. The van der Waals surface area contributed by atoms with E-state index in [1.807, 2.05) is 0 Å². The van der Waals surface area contributed by atoms with Crippen molar-refractivity contribution in [2.45, 2.75) is 37.1 Å². The third kappa shape index (κ3) is 2.39. The third-order valence-electron chi connectivity index (χ3n) is 3.19. The van der Waals surface area contributed by atoms with Gasteiger partial charge in [0.25, 0.3) is 0 Å². The zero-order valence-corrected chi connectivity index (χ0v) is 9.90. The molecule has 1 amide bonds. The number of likely N-dealkylation sites (N-methyl/N-ethyl adjacent to an activating group) is 1. The Bertz CT molecular complexity index is 212. The molecule has 1 rings (SSSR count). The Balaban J connectivity index is 2.39. The van der Waals surface area contributed by atoms with Gasteiger partial charge in [0.15, 0.2) is 0 Å². The minimum Gasteiger partial charge on any atom is -0.353 e. The van der Waals surface area contributed by atoms with Crippen LogP contribution in [-0.4, -0.2) is 42.4 Å². The zero-order chi connectivity index (χ0) is 10.8. The molecule has 1 aliphatic carbocycles. The summed E-state index contributed by atoms with van der Waals surface area (Å²) in [6, 6.07) is 0. The summed E-state index contributed by atoms with van der Waals surface area (Å²) in [5.41, 5.74) is 0.182. The van der Waals surface area contributed by atoms with Gasteiger partial charge in [0.2, 0.25) is 5.91 Å². The number of amides is 1. The van der Waals surface area contributed by atoms with E-state index in [2.05, 4.69) is 24.3 Å². The van der Waals surface area contributed by atoms with E-state index in [4.69, 9.17) is 11.6 Å². The lowest BCUT2D eigenvalue weighted by Gasteiger charge is -2.47. The fraction of sp³-hybridized carbons (Fsp3) is 0.900. The van der Waals surface area contributed by atoms with Gasteiger partial charge in [-0.2, -0.15) is 0 Å². The van der Waals surface area contributed by atoms with Crippen LogP contribution < -0.4 is 5.32 Å². The van der Waals surface area contributed by atoms with Crippen molar-refractivity contribution in [3.63, 3.8) is 0 Å². The Labute approximate surface area is 90.8 Å². The van der Waals surface area contributed by atoms with Crippen LogP contribution in [0.4, 0.5) is 0 Å². The molecule has 1 N–H and O–H groups in total. The van der Waals surface area contributed by atoms with Gasteiger partial charge >= 0.3 is 0 Å². The number of hydrogen-bond acceptors (Lipinski definition) is 2. The molecule has 4 heteroatoms. The first kappa shape index (κ1) is 11.8. The minimum atomic E-state index is -0.436. The van der Waals surface area contributed by atoms with Gasteiger partial charge in [0.05, 0.1) is 0 Å². The molecular weight excluding hydrogens is 200 g/mol. The van der Waals surface area contributed by atoms with Crippen molar-refractivity contribution in [3.8, 4) is 0 Å². The number of halogens is 1. The highest BCUT2D eigenvalue weighted by Gasteiger charge is 2.39. The van der Waals surface area contributed by atoms with Crippen molar-refractivity contribution in [2.75, 3.05) is 20.6 Å². The van der Waals surface area contributed by atoms with Gasteiger partial charge in [-0.3, -0.25) is 4.79 Å². The van der Waals surface area contributed by atoms with Crippen molar-refractivity contribution in [3.05, 3.63) is 0 Å².